The minimum Gasteiger partial charge on any atom is -0.338 e. The maximum absolute atomic E-state index is 12.4. The number of carbonyl (C=O) groups excluding carboxylic acids is 1. The Kier molecular flexibility index (Phi) is 4.22. The average Bonchev–Trinajstić information content (AvgIpc) is 2.39. The second-order valence-corrected chi connectivity index (χ2v) is 5.09. The highest BCUT2D eigenvalue weighted by molar-refractivity contribution is 5.82. The molecule has 1 unspecified atom stereocenters. The number of hydrogen-bond acceptors (Lipinski definition) is 2. The molecule has 0 radical (unpaired) electrons. The van der Waals surface area contributed by atoms with Crippen molar-refractivity contribution in [2.24, 2.45) is 0 Å². The van der Waals surface area contributed by atoms with Gasteiger partial charge in [-0.2, -0.15) is 0 Å². The predicted octanol–water partition coefficient (Wildman–Crippen LogP) is 1.92. The van der Waals surface area contributed by atoms with Gasteiger partial charge in [-0.3, -0.25) is 4.79 Å². The number of amides is 1. The quantitative estimate of drug-likeness (QED) is 0.777. The van der Waals surface area contributed by atoms with Crippen LogP contribution in [0.4, 0.5) is 0 Å². The Morgan fingerprint density at radius 2 is 2.06 bits per heavy atom. The molecule has 0 aromatic carbocycles. The highest BCUT2D eigenvalue weighted by Gasteiger charge is 2.30. The summed E-state index contributed by atoms with van der Waals surface area (Å²) in [7, 11) is 0. The van der Waals surface area contributed by atoms with E-state index in [0.717, 1.165) is 25.9 Å². The summed E-state index contributed by atoms with van der Waals surface area (Å²) in [4.78, 5) is 14.5. The van der Waals surface area contributed by atoms with Gasteiger partial charge >= 0.3 is 0 Å². The van der Waals surface area contributed by atoms with Crippen LogP contribution in [0.1, 0.15) is 51.9 Å². The predicted molar refractivity (Wildman–Crippen MR) is 65.3 cm³/mol. The molecule has 0 spiro atoms. The fraction of sp³-hybridized carbons (Fsp3) is 0.923. The first kappa shape index (κ1) is 11.9. The van der Waals surface area contributed by atoms with Crippen LogP contribution < -0.4 is 5.32 Å². The van der Waals surface area contributed by atoms with E-state index >= 15 is 0 Å². The first-order valence-corrected chi connectivity index (χ1v) is 6.86. The van der Waals surface area contributed by atoms with Gasteiger partial charge in [-0.15, -0.1) is 0 Å². The molecule has 1 amide bonds. The van der Waals surface area contributed by atoms with Crippen LogP contribution >= 0.6 is 0 Å². The molecule has 0 saturated carbocycles. The Morgan fingerprint density at radius 3 is 2.75 bits per heavy atom. The Hall–Kier alpha value is -0.570. The zero-order chi connectivity index (χ0) is 11.4. The van der Waals surface area contributed by atoms with Crippen LogP contribution in [0.15, 0.2) is 0 Å². The molecule has 2 rings (SSSR count). The number of carbonyl (C=O) groups is 1. The number of rotatable bonds is 2. The summed E-state index contributed by atoms with van der Waals surface area (Å²) < 4.78 is 0. The molecule has 92 valence electrons. The van der Waals surface area contributed by atoms with E-state index in [2.05, 4.69) is 17.1 Å². The Labute approximate surface area is 98.6 Å². The third-order valence-corrected chi connectivity index (χ3v) is 3.99. The molecular formula is C13H24N2O. The summed E-state index contributed by atoms with van der Waals surface area (Å²) in [6.07, 6.45) is 8.25. The highest BCUT2D eigenvalue weighted by atomic mass is 16.2. The van der Waals surface area contributed by atoms with E-state index in [9.17, 15) is 4.79 Å². The highest BCUT2D eigenvalue weighted by Crippen LogP contribution is 2.21. The van der Waals surface area contributed by atoms with E-state index in [1.165, 1.54) is 32.1 Å². The van der Waals surface area contributed by atoms with Gasteiger partial charge < -0.3 is 10.2 Å². The summed E-state index contributed by atoms with van der Waals surface area (Å²) in [6, 6.07) is 0.617. The summed E-state index contributed by atoms with van der Waals surface area (Å²) in [5.74, 6) is 0.367. The van der Waals surface area contributed by atoms with Crippen molar-refractivity contribution in [2.45, 2.75) is 64.0 Å². The summed E-state index contributed by atoms with van der Waals surface area (Å²) in [6.45, 7) is 4.20. The molecule has 0 bridgehead atoms. The van der Waals surface area contributed by atoms with Crippen molar-refractivity contribution in [3.8, 4) is 0 Å². The van der Waals surface area contributed by atoms with E-state index in [-0.39, 0.29) is 6.04 Å². The van der Waals surface area contributed by atoms with Crippen molar-refractivity contribution in [2.75, 3.05) is 13.1 Å². The first-order chi connectivity index (χ1) is 7.83. The number of nitrogens with one attached hydrogen (secondary N) is 1. The van der Waals surface area contributed by atoms with Crippen LogP contribution in [-0.2, 0) is 4.79 Å². The maximum Gasteiger partial charge on any atom is 0.239 e. The topological polar surface area (TPSA) is 32.3 Å². The zero-order valence-electron chi connectivity index (χ0n) is 10.4. The van der Waals surface area contributed by atoms with Crippen LogP contribution in [0.25, 0.3) is 0 Å². The summed E-state index contributed by atoms with van der Waals surface area (Å²) >= 11 is 0. The standard InChI is InChI=1S/C13H24N2O/c1-2-11-7-4-6-10-15(11)13(16)12-8-3-5-9-14-12/h11-12,14H,2-10H2,1H3/t11?,12-/m1/s1. The number of nitrogens with zero attached hydrogens (tertiary/aromatic N) is 1. The molecule has 0 aliphatic carbocycles. The van der Waals surface area contributed by atoms with E-state index < -0.39 is 0 Å². The lowest BCUT2D eigenvalue weighted by Gasteiger charge is -2.38. The summed E-state index contributed by atoms with van der Waals surface area (Å²) in [5, 5.41) is 3.37. The van der Waals surface area contributed by atoms with Crippen molar-refractivity contribution >= 4 is 5.91 Å². The molecule has 3 heteroatoms. The van der Waals surface area contributed by atoms with Crippen molar-refractivity contribution in [1.82, 2.24) is 10.2 Å². The largest absolute Gasteiger partial charge is 0.338 e. The Bertz CT molecular complexity index is 236. The molecule has 2 heterocycles. The lowest BCUT2D eigenvalue weighted by Crippen LogP contribution is -2.53. The lowest BCUT2D eigenvalue weighted by molar-refractivity contribution is -0.137. The molecular weight excluding hydrogens is 200 g/mol. The summed E-state index contributed by atoms with van der Waals surface area (Å²) in [5.41, 5.74) is 0. The van der Waals surface area contributed by atoms with Gasteiger partial charge in [0.15, 0.2) is 0 Å². The van der Waals surface area contributed by atoms with Crippen LogP contribution in [-0.4, -0.2) is 36.0 Å². The fourth-order valence-electron chi connectivity index (χ4n) is 2.98. The van der Waals surface area contributed by atoms with Gasteiger partial charge in [0.05, 0.1) is 6.04 Å². The monoisotopic (exact) mass is 224 g/mol. The number of hydrogen-bond donors (Lipinski definition) is 1. The van der Waals surface area contributed by atoms with Gasteiger partial charge in [0, 0.05) is 12.6 Å². The van der Waals surface area contributed by atoms with Crippen molar-refractivity contribution in [3.05, 3.63) is 0 Å². The second kappa shape index (κ2) is 5.67. The molecule has 2 aliphatic heterocycles. The lowest BCUT2D eigenvalue weighted by atomic mass is 9.97. The van der Waals surface area contributed by atoms with Crippen molar-refractivity contribution in [3.63, 3.8) is 0 Å². The number of likely N-dealkylation sites (tertiary alicyclic amines) is 1. The molecule has 2 atom stereocenters. The minimum absolute atomic E-state index is 0.112. The van der Waals surface area contributed by atoms with Crippen molar-refractivity contribution < 1.29 is 4.79 Å². The SMILES string of the molecule is CCC1CCCCN1C(=O)[C@H]1CCCCN1. The Morgan fingerprint density at radius 1 is 1.25 bits per heavy atom. The first-order valence-electron chi connectivity index (χ1n) is 6.86. The van der Waals surface area contributed by atoms with E-state index in [0.29, 0.717) is 11.9 Å². The molecule has 0 aromatic rings. The van der Waals surface area contributed by atoms with E-state index in [4.69, 9.17) is 0 Å². The smallest absolute Gasteiger partial charge is 0.239 e. The zero-order valence-corrected chi connectivity index (χ0v) is 10.4. The molecule has 2 fully saturated rings. The third kappa shape index (κ3) is 2.57. The molecule has 16 heavy (non-hydrogen) atoms. The maximum atomic E-state index is 12.4. The molecule has 2 saturated heterocycles. The van der Waals surface area contributed by atoms with E-state index in [1.54, 1.807) is 0 Å². The molecule has 3 nitrogen and oxygen atoms in total. The second-order valence-electron chi connectivity index (χ2n) is 5.09. The van der Waals surface area contributed by atoms with Crippen LogP contribution in [0, 0.1) is 0 Å². The average molecular weight is 224 g/mol. The van der Waals surface area contributed by atoms with Crippen LogP contribution in [0.5, 0.6) is 0 Å². The van der Waals surface area contributed by atoms with Crippen LogP contribution in [0.2, 0.25) is 0 Å². The van der Waals surface area contributed by atoms with E-state index in [1.807, 2.05) is 0 Å². The molecule has 1 N–H and O–H groups in total. The minimum atomic E-state index is 0.112. The van der Waals surface area contributed by atoms with Gasteiger partial charge in [-0.1, -0.05) is 13.3 Å². The van der Waals surface area contributed by atoms with Gasteiger partial charge in [-0.25, -0.2) is 0 Å². The van der Waals surface area contributed by atoms with Gasteiger partial charge in [0.1, 0.15) is 0 Å². The third-order valence-electron chi connectivity index (χ3n) is 3.99. The normalized spacial score (nSPS) is 31.4. The fourth-order valence-corrected chi connectivity index (χ4v) is 2.98. The van der Waals surface area contributed by atoms with Gasteiger partial charge in [0.25, 0.3) is 0 Å². The number of piperidine rings is 2. The van der Waals surface area contributed by atoms with Crippen molar-refractivity contribution in [1.29, 1.82) is 0 Å². The van der Waals surface area contributed by atoms with Crippen LogP contribution in [0.3, 0.4) is 0 Å². The Balaban J connectivity index is 1.95. The van der Waals surface area contributed by atoms with Gasteiger partial charge in [-0.05, 0) is 45.1 Å². The van der Waals surface area contributed by atoms with Gasteiger partial charge in [0.2, 0.25) is 5.91 Å². The molecule has 0 aromatic heterocycles. The molecule has 2 aliphatic rings.